The quantitative estimate of drug-likeness (QED) is 0.907. The minimum atomic E-state index is -0.238. The molecule has 0 aliphatic heterocycles. The number of rotatable bonds is 4. The second-order valence-corrected chi connectivity index (χ2v) is 6.44. The summed E-state index contributed by atoms with van der Waals surface area (Å²) in [6.45, 7) is 6.35. The molecular formula is C17H23N3O3. The number of phenols is 1. The van der Waals surface area contributed by atoms with Gasteiger partial charge < -0.3 is 15.2 Å². The summed E-state index contributed by atoms with van der Waals surface area (Å²) in [6.07, 6.45) is 0. The Labute approximate surface area is 136 Å². The van der Waals surface area contributed by atoms with Gasteiger partial charge in [-0.15, -0.1) is 0 Å². The predicted molar refractivity (Wildman–Crippen MR) is 87.7 cm³/mol. The van der Waals surface area contributed by atoms with Crippen molar-refractivity contribution in [1.29, 1.82) is 0 Å². The van der Waals surface area contributed by atoms with E-state index in [1.807, 2.05) is 20.8 Å². The van der Waals surface area contributed by atoms with Gasteiger partial charge in [0.05, 0.1) is 12.8 Å². The van der Waals surface area contributed by atoms with Crippen molar-refractivity contribution in [2.45, 2.75) is 32.7 Å². The van der Waals surface area contributed by atoms with Crippen LogP contribution in [0.4, 0.5) is 0 Å². The molecule has 0 saturated carbocycles. The fraction of sp³-hybridized carbons (Fsp3) is 0.412. The molecule has 6 heteroatoms. The number of phenolic OH excluding ortho intramolecular Hbond substituents is 1. The Morgan fingerprint density at radius 3 is 2.65 bits per heavy atom. The van der Waals surface area contributed by atoms with Crippen molar-refractivity contribution in [3.63, 3.8) is 0 Å². The van der Waals surface area contributed by atoms with Gasteiger partial charge in [0, 0.05) is 24.6 Å². The highest BCUT2D eigenvalue weighted by atomic mass is 16.5. The fourth-order valence-corrected chi connectivity index (χ4v) is 2.19. The van der Waals surface area contributed by atoms with Gasteiger partial charge in [-0.1, -0.05) is 32.9 Å². The number of hydrogen-bond acceptors (Lipinski definition) is 4. The standard InChI is InChI=1S/C17H23N3O3/c1-17(2,3)14-9-12(20(4)19-14)16(22)18-10-11-7-6-8-13(23-5)15(11)21/h6-9,21H,10H2,1-5H3,(H,18,22). The highest BCUT2D eigenvalue weighted by Gasteiger charge is 2.21. The van der Waals surface area contributed by atoms with E-state index in [9.17, 15) is 9.90 Å². The molecule has 0 atom stereocenters. The molecule has 2 rings (SSSR count). The molecule has 0 radical (unpaired) electrons. The largest absolute Gasteiger partial charge is 0.504 e. The third-order valence-corrected chi connectivity index (χ3v) is 3.62. The van der Waals surface area contributed by atoms with Crippen LogP contribution in [0.3, 0.4) is 0 Å². The molecule has 1 aromatic carbocycles. The molecule has 0 aliphatic rings. The third kappa shape index (κ3) is 3.64. The third-order valence-electron chi connectivity index (χ3n) is 3.62. The van der Waals surface area contributed by atoms with Crippen molar-refractivity contribution < 1.29 is 14.6 Å². The summed E-state index contributed by atoms with van der Waals surface area (Å²) in [4.78, 5) is 12.4. The molecule has 23 heavy (non-hydrogen) atoms. The van der Waals surface area contributed by atoms with Crippen LogP contribution in [0.2, 0.25) is 0 Å². The summed E-state index contributed by atoms with van der Waals surface area (Å²) in [5.74, 6) is 0.181. The lowest BCUT2D eigenvalue weighted by Crippen LogP contribution is -2.25. The van der Waals surface area contributed by atoms with Gasteiger partial charge in [-0.05, 0) is 12.1 Å². The van der Waals surface area contributed by atoms with Crippen molar-refractivity contribution in [2.24, 2.45) is 7.05 Å². The van der Waals surface area contributed by atoms with Crippen molar-refractivity contribution in [3.8, 4) is 11.5 Å². The van der Waals surface area contributed by atoms with E-state index in [1.54, 1.807) is 36.0 Å². The SMILES string of the molecule is COc1cccc(CNC(=O)c2cc(C(C)(C)C)nn2C)c1O. The normalized spacial score (nSPS) is 11.3. The average molecular weight is 317 g/mol. The van der Waals surface area contributed by atoms with Crippen molar-refractivity contribution in [3.05, 3.63) is 41.2 Å². The summed E-state index contributed by atoms with van der Waals surface area (Å²) in [7, 11) is 3.23. The van der Waals surface area contributed by atoms with Crippen molar-refractivity contribution in [1.82, 2.24) is 15.1 Å². The van der Waals surface area contributed by atoms with E-state index < -0.39 is 0 Å². The van der Waals surface area contributed by atoms with Crippen LogP contribution in [0.5, 0.6) is 11.5 Å². The number of para-hydroxylation sites is 1. The lowest BCUT2D eigenvalue weighted by Gasteiger charge is -2.13. The van der Waals surface area contributed by atoms with Crippen molar-refractivity contribution >= 4 is 5.91 Å². The lowest BCUT2D eigenvalue weighted by molar-refractivity contribution is 0.0941. The van der Waals surface area contributed by atoms with E-state index in [0.717, 1.165) is 5.69 Å². The number of ether oxygens (including phenoxy) is 1. The second-order valence-electron chi connectivity index (χ2n) is 6.44. The Hall–Kier alpha value is -2.50. The van der Waals surface area contributed by atoms with Gasteiger partial charge in [0.25, 0.3) is 5.91 Å². The van der Waals surface area contributed by atoms with Gasteiger partial charge in [-0.3, -0.25) is 9.48 Å². The van der Waals surface area contributed by atoms with E-state index in [-0.39, 0.29) is 23.6 Å². The van der Waals surface area contributed by atoms with E-state index in [1.165, 1.54) is 7.11 Å². The molecule has 0 spiro atoms. The molecular weight excluding hydrogens is 294 g/mol. The average Bonchev–Trinajstić information content (AvgIpc) is 2.88. The van der Waals surface area contributed by atoms with Crippen LogP contribution in [0.25, 0.3) is 0 Å². The molecule has 0 unspecified atom stereocenters. The lowest BCUT2D eigenvalue weighted by atomic mass is 9.92. The topological polar surface area (TPSA) is 76.4 Å². The number of carbonyl (C=O) groups excluding carboxylic acids is 1. The first-order valence-electron chi connectivity index (χ1n) is 7.41. The summed E-state index contributed by atoms with van der Waals surface area (Å²) in [5, 5.41) is 17.2. The van der Waals surface area contributed by atoms with Gasteiger partial charge >= 0.3 is 0 Å². The number of nitrogens with one attached hydrogen (secondary N) is 1. The van der Waals surface area contributed by atoms with Crippen LogP contribution in [0, 0.1) is 0 Å². The van der Waals surface area contributed by atoms with E-state index in [2.05, 4.69) is 10.4 Å². The maximum atomic E-state index is 12.4. The first-order chi connectivity index (χ1) is 10.7. The molecule has 1 aromatic heterocycles. The van der Waals surface area contributed by atoms with Crippen LogP contribution in [-0.4, -0.2) is 27.9 Å². The first kappa shape index (κ1) is 16.9. The number of methoxy groups -OCH3 is 1. The minimum Gasteiger partial charge on any atom is -0.504 e. The number of hydrogen-bond donors (Lipinski definition) is 2. The maximum absolute atomic E-state index is 12.4. The van der Waals surface area contributed by atoms with Crippen LogP contribution < -0.4 is 10.1 Å². The second kappa shape index (κ2) is 6.32. The van der Waals surface area contributed by atoms with Crippen molar-refractivity contribution in [2.75, 3.05) is 7.11 Å². The Kier molecular flexibility index (Phi) is 4.63. The Bertz CT molecular complexity index is 714. The number of carbonyl (C=O) groups is 1. The van der Waals surface area contributed by atoms with Gasteiger partial charge in [0.1, 0.15) is 5.69 Å². The van der Waals surface area contributed by atoms with Gasteiger partial charge in [0.15, 0.2) is 11.5 Å². The summed E-state index contributed by atoms with van der Waals surface area (Å²) in [6, 6.07) is 6.96. The molecule has 0 fully saturated rings. The van der Waals surface area contributed by atoms with Gasteiger partial charge in [0.2, 0.25) is 0 Å². The molecule has 0 bridgehead atoms. The first-order valence-corrected chi connectivity index (χ1v) is 7.41. The molecule has 6 nitrogen and oxygen atoms in total. The minimum absolute atomic E-state index is 0.0377. The van der Waals surface area contributed by atoms with Gasteiger partial charge in [-0.2, -0.15) is 5.10 Å². The van der Waals surface area contributed by atoms with Crippen LogP contribution in [0.1, 0.15) is 42.5 Å². The highest BCUT2D eigenvalue weighted by Crippen LogP contribution is 2.29. The van der Waals surface area contributed by atoms with E-state index in [4.69, 9.17) is 4.74 Å². The number of aromatic hydroxyl groups is 1. The zero-order chi connectivity index (χ0) is 17.2. The molecule has 1 amide bonds. The molecule has 0 aliphatic carbocycles. The molecule has 1 heterocycles. The summed E-state index contributed by atoms with van der Waals surface area (Å²) in [5.41, 5.74) is 1.81. The number of nitrogens with zero attached hydrogens (tertiary/aromatic N) is 2. The van der Waals surface area contributed by atoms with E-state index >= 15 is 0 Å². The highest BCUT2D eigenvalue weighted by molar-refractivity contribution is 5.92. The number of benzene rings is 1. The molecule has 2 N–H and O–H groups in total. The molecule has 0 saturated heterocycles. The van der Waals surface area contributed by atoms with Crippen LogP contribution >= 0.6 is 0 Å². The number of amides is 1. The smallest absolute Gasteiger partial charge is 0.269 e. The van der Waals surface area contributed by atoms with Gasteiger partial charge in [-0.25, -0.2) is 0 Å². The Balaban J connectivity index is 2.13. The number of aromatic nitrogens is 2. The fourth-order valence-electron chi connectivity index (χ4n) is 2.19. The zero-order valence-electron chi connectivity index (χ0n) is 14.2. The summed E-state index contributed by atoms with van der Waals surface area (Å²) < 4.78 is 6.63. The Morgan fingerprint density at radius 1 is 1.39 bits per heavy atom. The summed E-state index contributed by atoms with van der Waals surface area (Å²) >= 11 is 0. The molecule has 124 valence electrons. The monoisotopic (exact) mass is 317 g/mol. The van der Waals surface area contributed by atoms with E-state index in [0.29, 0.717) is 17.0 Å². The van der Waals surface area contributed by atoms with Crippen LogP contribution in [-0.2, 0) is 19.0 Å². The zero-order valence-corrected chi connectivity index (χ0v) is 14.2. The Morgan fingerprint density at radius 2 is 2.09 bits per heavy atom. The molecule has 2 aromatic rings. The van der Waals surface area contributed by atoms with Crippen LogP contribution in [0.15, 0.2) is 24.3 Å². The predicted octanol–water partition coefficient (Wildman–Crippen LogP) is 2.36. The number of aryl methyl sites for hydroxylation is 1. The maximum Gasteiger partial charge on any atom is 0.269 e.